The molecule has 2 aromatic rings. The van der Waals surface area contributed by atoms with E-state index in [9.17, 15) is 0 Å². The van der Waals surface area contributed by atoms with Gasteiger partial charge in [-0.25, -0.2) is 4.68 Å². The van der Waals surface area contributed by atoms with Crippen LogP contribution in [-0.4, -0.2) is 31.4 Å². The summed E-state index contributed by atoms with van der Waals surface area (Å²) >= 11 is 3.39. The van der Waals surface area contributed by atoms with Crippen molar-refractivity contribution in [1.82, 2.24) is 24.8 Å². The minimum atomic E-state index is 0.664. The monoisotopic (exact) mass is 297 g/mol. The molecule has 0 amide bonds. The summed E-state index contributed by atoms with van der Waals surface area (Å²) in [6.45, 7) is 1.71. The summed E-state index contributed by atoms with van der Waals surface area (Å²) in [5, 5.41) is 12.9. The number of fused-ring (bicyclic) bond motifs is 1. The van der Waals surface area contributed by atoms with Gasteiger partial charge < -0.3 is 4.74 Å². The molecule has 1 aliphatic heterocycles. The van der Waals surface area contributed by atoms with Gasteiger partial charge >= 0.3 is 0 Å². The topological polar surface area (TPSA) is 57.8 Å². The summed E-state index contributed by atoms with van der Waals surface area (Å²) in [7, 11) is 1.80. The van der Waals surface area contributed by atoms with Crippen LogP contribution >= 0.6 is 15.9 Å². The maximum atomic E-state index is 5.52. The first-order chi connectivity index (χ1) is 8.22. The van der Waals surface area contributed by atoms with Crippen LogP contribution in [0.1, 0.15) is 17.8 Å². The largest absolute Gasteiger partial charge is 0.478 e. The Morgan fingerprint density at radius 3 is 3.00 bits per heavy atom. The van der Waals surface area contributed by atoms with E-state index in [0.29, 0.717) is 6.42 Å². The highest BCUT2D eigenvalue weighted by Crippen LogP contribution is 2.21. The van der Waals surface area contributed by atoms with Gasteiger partial charge in [-0.15, -0.1) is 5.10 Å². The SMILES string of the molecule is Cn1nc(Br)c(Cc2cc3n(n2)CCCO3)n1. The van der Waals surface area contributed by atoms with Crippen molar-refractivity contribution in [3.63, 3.8) is 0 Å². The Balaban J connectivity index is 1.85. The molecule has 0 fully saturated rings. The Morgan fingerprint density at radius 1 is 1.41 bits per heavy atom. The van der Waals surface area contributed by atoms with Gasteiger partial charge in [0.2, 0.25) is 5.88 Å². The number of aromatic nitrogens is 5. The Kier molecular flexibility index (Phi) is 2.62. The van der Waals surface area contributed by atoms with Crippen LogP contribution in [0.15, 0.2) is 10.7 Å². The molecule has 6 nitrogen and oxygen atoms in total. The molecule has 0 unspecified atom stereocenters. The molecule has 3 rings (SSSR count). The molecule has 17 heavy (non-hydrogen) atoms. The first-order valence-corrected chi connectivity index (χ1v) is 6.27. The standard InChI is InChI=1S/C10H12BrN5O/c1-15-13-8(10(11)14-15)5-7-6-9-16(12-7)3-2-4-17-9/h6H,2-5H2,1H3. The van der Waals surface area contributed by atoms with E-state index in [2.05, 4.69) is 31.2 Å². The van der Waals surface area contributed by atoms with Crippen molar-refractivity contribution in [2.45, 2.75) is 19.4 Å². The van der Waals surface area contributed by atoms with E-state index >= 15 is 0 Å². The van der Waals surface area contributed by atoms with Gasteiger partial charge in [0.15, 0.2) is 4.60 Å². The number of nitrogens with zero attached hydrogens (tertiary/aromatic N) is 5. The van der Waals surface area contributed by atoms with E-state index in [1.54, 1.807) is 11.8 Å². The van der Waals surface area contributed by atoms with E-state index in [1.165, 1.54) is 0 Å². The lowest BCUT2D eigenvalue weighted by Crippen LogP contribution is -2.14. The smallest absolute Gasteiger partial charge is 0.211 e. The maximum absolute atomic E-state index is 5.52. The van der Waals surface area contributed by atoms with E-state index < -0.39 is 0 Å². The van der Waals surface area contributed by atoms with E-state index in [1.807, 2.05) is 10.7 Å². The Hall–Kier alpha value is -1.37. The molecule has 1 aliphatic rings. The molecule has 0 spiro atoms. The molecule has 0 saturated carbocycles. The molecule has 0 radical (unpaired) electrons. The van der Waals surface area contributed by atoms with Gasteiger partial charge in [-0.3, -0.25) is 0 Å². The number of ether oxygens (including phenoxy) is 1. The Bertz CT molecular complexity index is 523. The average Bonchev–Trinajstić information content (AvgIpc) is 2.82. The summed E-state index contributed by atoms with van der Waals surface area (Å²) < 4.78 is 8.20. The van der Waals surface area contributed by atoms with Gasteiger partial charge in [0.05, 0.1) is 12.3 Å². The van der Waals surface area contributed by atoms with Crippen LogP contribution in [0.5, 0.6) is 5.88 Å². The van der Waals surface area contributed by atoms with Gasteiger partial charge in [0, 0.05) is 32.5 Å². The predicted octanol–water partition coefficient (Wildman–Crippen LogP) is 1.15. The lowest BCUT2D eigenvalue weighted by atomic mass is 10.2. The Labute approximate surface area is 107 Å². The third-order valence-electron chi connectivity index (χ3n) is 2.64. The number of hydrogen-bond acceptors (Lipinski definition) is 4. The first-order valence-electron chi connectivity index (χ1n) is 5.47. The summed E-state index contributed by atoms with van der Waals surface area (Å²) in [4.78, 5) is 1.55. The quantitative estimate of drug-likeness (QED) is 0.834. The molecule has 0 saturated heterocycles. The van der Waals surface area contributed by atoms with Crippen LogP contribution in [-0.2, 0) is 20.0 Å². The van der Waals surface area contributed by atoms with Gasteiger partial charge in [0.25, 0.3) is 0 Å². The zero-order valence-corrected chi connectivity index (χ0v) is 11.0. The number of aryl methyl sites for hydroxylation is 2. The number of rotatable bonds is 2. The summed E-state index contributed by atoms with van der Waals surface area (Å²) in [6, 6.07) is 1.97. The fraction of sp³-hybridized carbons (Fsp3) is 0.500. The molecule has 0 atom stereocenters. The summed E-state index contributed by atoms with van der Waals surface area (Å²) in [6.07, 6.45) is 1.68. The van der Waals surface area contributed by atoms with Crippen LogP contribution in [0, 0.1) is 0 Å². The molecule has 0 aromatic carbocycles. The van der Waals surface area contributed by atoms with Crippen molar-refractivity contribution in [2.24, 2.45) is 7.05 Å². The highest BCUT2D eigenvalue weighted by molar-refractivity contribution is 9.10. The highest BCUT2D eigenvalue weighted by atomic mass is 79.9. The molecule has 2 aromatic heterocycles. The molecule has 7 heteroatoms. The zero-order valence-electron chi connectivity index (χ0n) is 9.43. The van der Waals surface area contributed by atoms with Crippen molar-refractivity contribution in [2.75, 3.05) is 6.61 Å². The minimum Gasteiger partial charge on any atom is -0.478 e. The average molecular weight is 298 g/mol. The van der Waals surface area contributed by atoms with Crippen molar-refractivity contribution >= 4 is 15.9 Å². The molecular formula is C10H12BrN5O. The van der Waals surface area contributed by atoms with Crippen molar-refractivity contribution in [3.05, 3.63) is 22.1 Å². The fourth-order valence-corrected chi connectivity index (χ4v) is 2.36. The molecular weight excluding hydrogens is 286 g/mol. The summed E-state index contributed by atoms with van der Waals surface area (Å²) in [5.41, 5.74) is 1.85. The third kappa shape index (κ3) is 2.06. The van der Waals surface area contributed by atoms with Gasteiger partial charge in [0.1, 0.15) is 5.69 Å². The fourth-order valence-electron chi connectivity index (χ4n) is 1.91. The Morgan fingerprint density at radius 2 is 2.29 bits per heavy atom. The lowest BCUT2D eigenvalue weighted by Gasteiger charge is -2.13. The second kappa shape index (κ2) is 4.14. The van der Waals surface area contributed by atoms with E-state index in [-0.39, 0.29) is 0 Å². The second-order valence-corrected chi connectivity index (χ2v) is 4.75. The highest BCUT2D eigenvalue weighted by Gasteiger charge is 2.15. The second-order valence-electron chi connectivity index (χ2n) is 4.00. The lowest BCUT2D eigenvalue weighted by molar-refractivity contribution is 0.230. The van der Waals surface area contributed by atoms with Crippen LogP contribution in [0.2, 0.25) is 0 Å². The molecule has 0 bridgehead atoms. The maximum Gasteiger partial charge on any atom is 0.211 e. The van der Waals surface area contributed by atoms with Crippen LogP contribution in [0.25, 0.3) is 0 Å². The third-order valence-corrected chi connectivity index (χ3v) is 3.26. The van der Waals surface area contributed by atoms with E-state index in [0.717, 1.165) is 41.4 Å². The van der Waals surface area contributed by atoms with Crippen molar-refractivity contribution in [1.29, 1.82) is 0 Å². The normalized spacial score (nSPS) is 14.5. The molecule has 0 N–H and O–H groups in total. The van der Waals surface area contributed by atoms with E-state index in [4.69, 9.17) is 4.74 Å². The molecule has 0 aliphatic carbocycles. The first kappa shape index (κ1) is 10.8. The van der Waals surface area contributed by atoms with Gasteiger partial charge in [-0.1, -0.05) is 0 Å². The minimum absolute atomic E-state index is 0.664. The van der Waals surface area contributed by atoms with Crippen LogP contribution < -0.4 is 4.74 Å². The number of hydrogen-bond donors (Lipinski definition) is 0. The zero-order chi connectivity index (χ0) is 11.8. The van der Waals surface area contributed by atoms with Crippen molar-refractivity contribution in [3.8, 4) is 5.88 Å². The molecule has 90 valence electrons. The predicted molar refractivity (Wildman–Crippen MR) is 63.8 cm³/mol. The van der Waals surface area contributed by atoms with Crippen molar-refractivity contribution < 1.29 is 4.74 Å². The molecule has 3 heterocycles. The number of halogens is 1. The summed E-state index contributed by atoms with van der Waals surface area (Å²) in [5.74, 6) is 0.853. The van der Waals surface area contributed by atoms with Crippen LogP contribution in [0.4, 0.5) is 0 Å². The van der Waals surface area contributed by atoms with Crippen LogP contribution in [0.3, 0.4) is 0 Å². The van der Waals surface area contributed by atoms with Gasteiger partial charge in [-0.2, -0.15) is 15.0 Å². The van der Waals surface area contributed by atoms with Gasteiger partial charge in [-0.05, 0) is 15.9 Å².